The van der Waals surface area contributed by atoms with Gasteiger partial charge in [-0.15, -0.1) is 6.58 Å². The number of rotatable bonds is 5. The standard InChI is InChI=1S/C9H15NO2/c1-2-6-10-8(9(11)12)7-4-3-5-7/h2,7-8,10H,1,3-6H2,(H,11,12). The van der Waals surface area contributed by atoms with Crippen LogP contribution in [-0.2, 0) is 4.79 Å². The van der Waals surface area contributed by atoms with Crippen molar-refractivity contribution in [1.29, 1.82) is 0 Å². The van der Waals surface area contributed by atoms with Crippen LogP contribution in [0.4, 0.5) is 0 Å². The second-order valence-corrected chi connectivity index (χ2v) is 3.20. The summed E-state index contributed by atoms with van der Waals surface area (Å²) in [7, 11) is 0. The minimum Gasteiger partial charge on any atom is -0.480 e. The number of hydrogen-bond acceptors (Lipinski definition) is 2. The van der Waals surface area contributed by atoms with Crippen molar-refractivity contribution in [1.82, 2.24) is 5.32 Å². The Kier molecular flexibility index (Phi) is 3.29. The van der Waals surface area contributed by atoms with Crippen molar-refractivity contribution in [2.45, 2.75) is 25.3 Å². The van der Waals surface area contributed by atoms with Crippen LogP contribution in [0, 0.1) is 5.92 Å². The molecule has 12 heavy (non-hydrogen) atoms. The molecule has 3 heteroatoms. The predicted molar refractivity (Wildman–Crippen MR) is 47.0 cm³/mol. The van der Waals surface area contributed by atoms with Gasteiger partial charge in [0, 0.05) is 6.54 Å². The van der Waals surface area contributed by atoms with Crippen molar-refractivity contribution in [2.24, 2.45) is 5.92 Å². The Bertz CT molecular complexity index is 175. The Balaban J connectivity index is 2.36. The summed E-state index contributed by atoms with van der Waals surface area (Å²) in [4.78, 5) is 10.7. The van der Waals surface area contributed by atoms with Gasteiger partial charge in [-0.2, -0.15) is 0 Å². The molecule has 2 N–H and O–H groups in total. The maximum Gasteiger partial charge on any atom is 0.320 e. The van der Waals surface area contributed by atoms with Crippen LogP contribution >= 0.6 is 0 Å². The average Bonchev–Trinajstić information content (AvgIpc) is 1.93. The Labute approximate surface area is 72.5 Å². The summed E-state index contributed by atoms with van der Waals surface area (Å²) in [6.07, 6.45) is 4.95. The molecule has 0 aromatic rings. The molecular weight excluding hydrogens is 154 g/mol. The fraction of sp³-hybridized carbons (Fsp3) is 0.667. The van der Waals surface area contributed by atoms with E-state index in [1.807, 2.05) is 0 Å². The van der Waals surface area contributed by atoms with Crippen molar-refractivity contribution in [3.05, 3.63) is 12.7 Å². The monoisotopic (exact) mass is 169 g/mol. The van der Waals surface area contributed by atoms with Crippen molar-refractivity contribution >= 4 is 5.97 Å². The molecule has 1 rings (SSSR count). The molecule has 0 heterocycles. The first-order valence-electron chi connectivity index (χ1n) is 4.32. The van der Waals surface area contributed by atoms with Crippen LogP contribution in [0.25, 0.3) is 0 Å². The lowest BCUT2D eigenvalue weighted by atomic mass is 9.80. The SMILES string of the molecule is C=CCNC(C(=O)O)C1CCC1. The molecule has 68 valence electrons. The molecule has 0 spiro atoms. The molecular formula is C9H15NO2. The fourth-order valence-electron chi connectivity index (χ4n) is 1.44. The maximum absolute atomic E-state index is 10.7. The third-order valence-corrected chi connectivity index (χ3v) is 2.37. The highest BCUT2D eigenvalue weighted by molar-refractivity contribution is 5.74. The van der Waals surface area contributed by atoms with Crippen LogP contribution < -0.4 is 5.32 Å². The average molecular weight is 169 g/mol. The van der Waals surface area contributed by atoms with Gasteiger partial charge in [0.2, 0.25) is 0 Å². The molecule has 0 amide bonds. The predicted octanol–water partition coefficient (Wildman–Crippen LogP) is 1.02. The van der Waals surface area contributed by atoms with Gasteiger partial charge < -0.3 is 10.4 Å². The van der Waals surface area contributed by atoms with Crippen molar-refractivity contribution < 1.29 is 9.90 Å². The van der Waals surface area contributed by atoms with E-state index < -0.39 is 5.97 Å². The molecule has 1 atom stereocenters. The summed E-state index contributed by atoms with van der Waals surface area (Å²) >= 11 is 0. The molecule has 0 aliphatic heterocycles. The molecule has 0 aromatic heterocycles. The van der Waals surface area contributed by atoms with Crippen LogP contribution in [0.15, 0.2) is 12.7 Å². The fourth-order valence-corrected chi connectivity index (χ4v) is 1.44. The lowest BCUT2D eigenvalue weighted by Gasteiger charge is -2.31. The van der Waals surface area contributed by atoms with Crippen molar-refractivity contribution in [3.63, 3.8) is 0 Å². The molecule has 0 radical (unpaired) electrons. The Morgan fingerprint density at radius 1 is 1.75 bits per heavy atom. The second kappa shape index (κ2) is 4.26. The lowest BCUT2D eigenvalue weighted by Crippen LogP contribution is -2.45. The summed E-state index contributed by atoms with van der Waals surface area (Å²) in [5.41, 5.74) is 0. The van der Waals surface area contributed by atoms with Crippen molar-refractivity contribution in [3.8, 4) is 0 Å². The second-order valence-electron chi connectivity index (χ2n) is 3.20. The zero-order chi connectivity index (χ0) is 8.97. The number of nitrogens with one attached hydrogen (secondary N) is 1. The molecule has 0 bridgehead atoms. The molecule has 1 saturated carbocycles. The van der Waals surface area contributed by atoms with Crippen LogP contribution in [0.1, 0.15) is 19.3 Å². The zero-order valence-corrected chi connectivity index (χ0v) is 7.12. The highest BCUT2D eigenvalue weighted by atomic mass is 16.4. The molecule has 1 aliphatic rings. The number of carbonyl (C=O) groups is 1. The van der Waals surface area contributed by atoms with Crippen LogP contribution in [0.5, 0.6) is 0 Å². The number of aliphatic carboxylic acids is 1. The van der Waals surface area contributed by atoms with Gasteiger partial charge in [-0.25, -0.2) is 0 Å². The quantitative estimate of drug-likeness (QED) is 0.604. The largest absolute Gasteiger partial charge is 0.480 e. The topological polar surface area (TPSA) is 49.3 Å². The smallest absolute Gasteiger partial charge is 0.320 e. The maximum atomic E-state index is 10.7. The van der Waals surface area contributed by atoms with E-state index in [0.29, 0.717) is 12.5 Å². The van der Waals surface area contributed by atoms with Crippen LogP contribution in [0.2, 0.25) is 0 Å². The Morgan fingerprint density at radius 2 is 2.42 bits per heavy atom. The Morgan fingerprint density at radius 3 is 2.75 bits per heavy atom. The minimum absolute atomic E-state index is 0.336. The van der Waals surface area contributed by atoms with Gasteiger partial charge in [0.05, 0.1) is 0 Å². The summed E-state index contributed by atoms with van der Waals surface area (Å²) in [6.45, 7) is 4.12. The highest BCUT2D eigenvalue weighted by Gasteiger charge is 2.31. The Hall–Kier alpha value is -0.830. The van der Waals surface area contributed by atoms with Gasteiger partial charge >= 0.3 is 5.97 Å². The third-order valence-electron chi connectivity index (χ3n) is 2.37. The van der Waals surface area contributed by atoms with E-state index in [-0.39, 0.29) is 6.04 Å². The highest BCUT2D eigenvalue weighted by Crippen LogP contribution is 2.29. The van der Waals surface area contributed by atoms with Crippen LogP contribution in [-0.4, -0.2) is 23.7 Å². The van der Waals surface area contributed by atoms with E-state index >= 15 is 0 Å². The van der Waals surface area contributed by atoms with E-state index in [2.05, 4.69) is 11.9 Å². The van der Waals surface area contributed by atoms with E-state index in [9.17, 15) is 4.79 Å². The lowest BCUT2D eigenvalue weighted by molar-refractivity contribution is -0.141. The van der Waals surface area contributed by atoms with Gasteiger partial charge in [-0.05, 0) is 18.8 Å². The van der Waals surface area contributed by atoms with E-state index in [4.69, 9.17) is 5.11 Å². The van der Waals surface area contributed by atoms with E-state index in [0.717, 1.165) is 12.8 Å². The normalized spacial score (nSPS) is 19.7. The first kappa shape index (κ1) is 9.26. The van der Waals surface area contributed by atoms with Crippen molar-refractivity contribution in [2.75, 3.05) is 6.54 Å². The molecule has 1 fully saturated rings. The van der Waals surface area contributed by atoms with Gasteiger partial charge in [0.15, 0.2) is 0 Å². The van der Waals surface area contributed by atoms with E-state index in [1.165, 1.54) is 6.42 Å². The van der Waals surface area contributed by atoms with Crippen LogP contribution in [0.3, 0.4) is 0 Å². The third kappa shape index (κ3) is 2.08. The molecule has 1 aliphatic carbocycles. The number of carboxylic acid groups (broad SMARTS) is 1. The van der Waals surface area contributed by atoms with Gasteiger partial charge in [-0.1, -0.05) is 12.5 Å². The number of hydrogen-bond donors (Lipinski definition) is 2. The summed E-state index contributed by atoms with van der Waals surface area (Å²) < 4.78 is 0. The molecule has 0 saturated heterocycles. The zero-order valence-electron chi connectivity index (χ0n) is 7.12. The summed E-state index contributed by atoms with van der Waals surface area (Å²) in [5.74, 6) is -0.399. The first-order chi connectivity index (χ1) is 5.75. The summed E-state index contributed by atoms with van der Waals surface area (Å²) in [5, 5.41) is 11.8. The first-order valence-corrected chi connectivity index (χ1v) is 4.32. The van der Waals surface area contributed by atoms with E-state index in [1.54, 1.807) is 6.08 Å². The minimum atomic E-state index is -0.735. The summed E-state index contributed by atoms with van der Waals surface area (Å²) in [6, 6.07) is -0.364. The molecule has 1 unspecified atom stereocenters. The number of carboxylic acids is 1. The molecule has 3 nitrogen and oxygen atoms in total. The van der Waals surface area contributed by atoms with Gasteiger partial charge in [0.1, 0.15) is 6.04 Å². The van der Waals surface area contributed by atoms with Gasteiger partial charge in [0.25, 0.3) is 0 Å². The van der Waals surface area contributed by atoms with Gasteiger partial charge in [-0.3, -0.25) is 4.79 Å². The molecule has 0 aromatic carbocycles.